The molecule has 0 atom stereocenters. The Morgan fingerprint density at radius 1 is 1.41 bits per heavy atom. The predicted molar refractivity (Wildman–Crippen MR) is 66.0 cm³/mol. The zero-order valence-electron chi connectivity index (χ0n) is 9.43. The van der Waals surface area contributed by atoms with E-state index < -0.39 is 5.91 Å². The number of carbonyl (C=O) groups excluding carboxylic acids is 1. The maximum atomic E-state index is 10.7. The number of nitrogens with one attached hydrogen (secondary N) is 1. The third kappa shape index (κ3) is 2.28. The van der Waals surface area contributed by atoms with Crippen molar-refractivity contribution in [1.82, 2.24) is 4.98 Å². The summed E-state index contributed by atoms with van der Waals surface area (Å²) in [7, 11) is 1.62. The molecule has 1 aromatic carbocycles. The van der Waals surface area contributed by atoms with E-state index in [2.05, 4.69) is 10.3 Å². The third-order valence-electron chi connectivity index (χ3n) is 2.42. The van der Waals surface area contributed by atoms with Crippen molar-refractivity contribution in [3.8, 4) is 5.75 Å². The van der Waals surface area contributed by atoms with E-state index >= 15 is 0 Å². The van der Waals surface area contributed by atoms with Crippen LogP contribution in [0.3, 0.4) is 0 Å². The monoisotopic (exact) mass is 231 g/mol. The number of rotatable bonds is 4. The molecule has 17 heavy (non-hydrogen) atoms. The zero-order valence-corrected chi connectivity index (χ0v) is 9.43. The summed E-state index contributed by atoms with van der Waals surface area (Å²) >= 11 is 0. The normalized spacial score (nSPS) is 10.2. The Balaban J connectivity index is 2.46. The molecule has 3 N–H and O–H groups in total. The van der Waals surface area contributed by atoms with Crippen molar-refractivity contribution >= 4 is 22.5 Å². The molecule has 0 radical (unpaired) electrons. The molecule has 0 bridgehead atoms. The number of amides is 1. The van der Waals surface area contributed by atoms with Gasteiger partial charge < -0.3 is 15.8 Å². The summed E-state index contributed by atoms with van der Waals surface area (Å²) in [5.41, 5.74) is 5.09. The fraction of sp³-hybridized carbons (Fsp3) is 0.167. The Kier molecular flexibility index (Phi) is 3.09. The first-order valence-corrected chi connectivity index (χ1v) is 5.16. The number of ether oxygens (including phenoxy) is 1. The van der Waals surface area contributed by atoms with E-state index in [-0.39, 0.29) is 6.54 Å². The van der Waals surface area contributed by atoms with Crippen molar-refractivity contribution in [2.45, 2.75) is 0 Å². The van der Waals surface area contributed by atoms with E-state index in [9.17, 15) is 4.79 Å². The van der Waals surface area contributed by atoms with Crippen molar-refractivity contribution in [1.29, 1.82) is 0 Å². The van der Waals surface area contributed by atoms with Gasteiger partial charge in [0.2, 0.25) is 5.91 Å². The molecule has 2 rings (SSSR count). The standard InChI is InChI=1S/C12H13N3O2/c1-17-10-4-2-3-9-8(10)5-6-14-12(9)15-7-11(13)16/h2-6H,7H2,1H3,(H2,13,16)(H,14,15). The molecule has 0 saturated carbocycles. The number of anilines is 1. The molecule has 1 aromatic heterocycles. The number of hydrogen-bond acceptors (Lipinski definition) is 4. The summed E-state index contributed by atoms with van der Waals surface area (Å²) in [5.74, 6) is 0.971. The number of methoxy groups -OCH3 is 1. The molecule has 0 unspecified atom stereocenters. The van der Waals surface area contributed by atoms with Gasteiger partial charge in [-0.15, -0.1) is 0 Å². The van der Waals surface area contributed by atoms with Gasteiger partial charge in [-0.25, -0.2) is 4.98 Å². The summed E-state index contributed by atoms with van der Waals surface area (Å²) in [6, 6.07) is 7.52. The lowest BCUT2D eigenvalue weighted by molar-refractivity contribution is -0.116. The zero-order chi connectivity index (χ0) is 12.3. The smallest absolute Gasteiger partial charge is 0.236 e. The number of nitrogens with zero attached hydrogens (tertiary/aromatic N) is 1. The molecule has 1 amide bonds. The van der Waals surface area contributed by atoms with Gasteiger partial charge in [-0.2, -0.15) is 0 Å². The Hall–Kier alpha value is -2.30. The third-order valence-corrected chi connectivity index (χ3v) is 2.42. The van der Waals surface area contributed by atoms with E-state index in [0.717, 1.165) is 16.5 Å². The van der Waals surface area contributed by atoms with E-state index in [1.54, 1.807) is 13.3 Å². The van der Waals surface area contributed by atoms with Crippen molar-refractivity contribution in [2.24, 2.45) is 5.73 Å². The average molecular weight is 231 g/mol. The summed E-state index contributed by atoms with van der Waals surface area (Å²) < 4.78 is 5.26. The highest BCUT2D eigenvalue weighted by Crippen LogP contribution is 2.28. The Labute approximate surface area is 98.6 Å². The molecule has 0 aliphatic heterocycles. The molecule has 0 spiro atoms. The second-order valence-corrected chi connectivity index (χ2v) is 3.53. The van der Waals surface area contributed by atoms with Gasteiger partial charge in [-0.1, -0.05) is 12.1 Å². The van der Waals surface area contributed by atoms with Crippen LogP contribution in [0.1, 0.15) is 0 Å². The Morgan fingerprint density at radius 2 is 2.24 bits per heavy atom. The molecule has 0 fully saturated rings. The van der Waals surface area contributed by atoms with E-state index in [1.807, 2.05) is 24.3 Å². The molecular weight excluding hydrogens is 218 g/mol. The number of hydrogen-bond donors (Lipinski definition) is 2. The highest BCUT2D eigenvalue weighted by Gasteiger charge is 2.06. The van der Waals surface area contributed by atoms with Crippen LogP contribution in [-0.4, -0.2) is 24.5 Å². The van der Waals surface area contributed by atoms with Gasteiger partial charge in [-0.05, 0) is 12.1 Å². The molecule has 2 aromatic rings. The first-order valence-electron chi connectivity index (χ1n) is 5.16. The van der Waals surface area contributed by atoms with E-state index in [0.29, 0.717) is 5.82 Å². The fourth-order valence-corrected chi connectivity index (χ4v) is 1.67. The number of aromatic nitrogens is 1. The lowest BCUT2D eigenvalue weighted by Crippen LogP contribution is -2.22. The van der Waals surface area contributed by atoms with Crippen molar-refractivity contribution in [3.63, 3.8) is 0 Å². The topological polar surface area (TPSA) is 77.2 Å². The number of fused-ring (bicyclic) bond motifs is 1. The lowest BCUT2D eigenvalue weighted by Gasteiger charge is -2.09. The maximum absolute atomic E-state index is 10.7. The van der Waals surface area contributed by atoms with Gasteiger partial charge in [0.1, 0.15) is 11.6 Å². The van der Waals surface area contributed by atoms with Crippen LogP contribution in [0.4, 0.5) is 5.82 Å². The molecule has 0 aliphatic rings. The minimum atomic E-state index is -0.424. The van der Waals surface area contributed by atoms with Gasteiger partial charge in [0.25, 0.3) is 0 Å². The molecule has 5 nitrogen and oxygen atoms in total. The summed E-state index contributed by atoms with van der Waals surface area (Å²) in [4.78, 5) is 14.9. The van der Waals surface area contributed by atoms with Crippen LogP contribution in [-0.2, 0) is 4.79 Å². The largest absolute Gasteiger partial charge is 0.496 e. The number of nitrogens with two attached hydrogens (primary N) is 1. The van der Waals surface area contributed by atoms with Crippen LogP contribution in [0, 0.1) is 0 Å². The molecule has 88 valence electrons. The molecule has 5 heteroatoms. The highest BCUT2D eigenvalue weighted by molar-refractivity contribution is 5.96. The number of benzene rings is 1. The second-order valence-electron chi connectivity index (χ2n) is 3.53. The van der Waals surface area contributed by atoms with Crippen LogP contribution < -0.4 is 15.8 Å². The quantitative estimate of drug-likeness (QED) is 0.827. The van der Waals surface area contributed by atoms with Crippen molar-refractivity contribution < 1.29 is 9.53 Å². The fourth-order valence-electron chi connectivity index (χ4n) is 1.67. The van der Waals surface area contributed by atoms with Crippen LogP contribution in [0.15, 0.2) is 30.5 Å². The van der Waals surface area contributed by atoms with Gasteiger partial charge in [0.15, 0.2) is 0 Å². The summed E-state index contributed by atoms with van der Waals surface area (Å²) in [6.07, 6.45) is 1.66. The summed E-state index contributed by atoms with van der Waals surface area (Å²) in [5, 5.41) is 4.74. The van der Waals surface area contributed by atoms with Gasteiger partial charge >= 0.3 is 0 Å². The number of carbonyl (C=O) groups is 1. The Morgan fingerprint density at radius 3 is 2.94 bits per heavy atom. The number of pyridine rings is 1. The minimum Gasteiger partial charge on any atom is -0.496 e. The van der Waals surface area contributed by atoms with Gasteiger partial charge in [-0.3, -0.25) is 4.79 Å². The summed E-state index contributed by atoms with van der Waals surface area (Å²) in [6.45, 7) is 0.0589. The van der Waals surface area contributed by atoms with Gasteiger partial charge in [0.05, 0.1) is 13.7 Å². The Bertz CT molecular complexity index is 554. The van der Waals surface area contributed by atoms with E-state index in [1.165, 1.54) is 0 Å². The molecule has 0 aliphatic carbocycles. The van der Waals surface area contributed by atoms with E-state index in [4.69, 9.17) is 10.5 Å². The molecule has 1 heterocycles. The van der Waals surface area contributed by atoms with Crippen LogP contribution in [0.2, 0.25) is 0 Å². The second kappa shape index (κ2) is 4.69. The SMILES string of the molecule is COc1cccc2c(NCC(N)=O)nccc12. The van der Waals surface area contributed by atoms with Gasteiger partial charge in [0, 0.05) is 17.0 Å². The first kappa shape index (κ1) is 11.2. The predicted octanol–water partition coefficient (Wildman–Crippen LogP) is 1.14. The highest BCUT2D eigenvalue weighted by atomic mass is 16.5. The maximum Gasteiger partial charge on any atom is 0.236 e. The number of primary amides is 1. The van der Waals surface area contributed by atoms with Crippen LogP contribution in [0.25, 0.3) is 10.8 Å². The lowest BCUT2D eigenvalue weighted by atomic mass is 10.1. The first-order chi connectivity index (χ1) is 8.22. The van der Waals surface area contributed by atoms with Crippen LogP contribution >= 0.6 is 0 Å². The average Bonchev–Trinajstić information content (AvgIpc) is 2.35. The van der Waals surface area contributed by atoms with Crippen LogP contribution in [0.5, 0.6) is 5.75 Å². The molecular formula is C12H13N3O2. The molecule has 0 saturated heterocycles. The van der Waals surface area contributed by atoms with Crippen molar-refractivity contribution in [2.75, 3.05) is 19.0 Å². The minimum absolute atomic E-state index is 0.0589. The van der Waals surface area contributed by atoms with Crippen molar-refractivity contribution in [3.05, 3.63) is 30.5 Å².